The molecule has 3 aromatic rings. The summed E-state index contributed by atoms with van der Waals surface area (Å²) in [5, 5.41) is 0.912. The molecule has 2 aliphatic rings. The van der Waals surface area contributed by atoms with Gasteiger partial charge in [0.25, 0.3) is 5.91 Å². The minimum Gasteiger partial charge on any atom is -0.744 e. The van der Waals surface area contributed by atoms with Gasteiger partial charge in [-0.25, -0.2) is 13.2 Å². The van der Waals surface area contributed by atoms with Gasteiger partial charge in [-0.3, -0.25) is 14.6 Å². The molecule has 2 atom stereocenters. The number of likely N-dealkylation sites (N-methyl/N-ethyl adjacent to an activating group) is 1. The first-order valence-electron chi connectivity index (χ1n) is 9.61. The quantitative estimate of drug-likeness (QED) is 0.326. The van der Waals surface area contributed by atoms with Crippen LogP contribution >= 0.6 is 0 Å². The third-order valence-electron chi connectivity index (χ3n) is 5.93. The van der Waals surface area contributed by atoms with Crippen LogP contribution in [-0.4, -0.2) is 52.3 Å². The van der Waals surface area contributed by atoms with Crippen LogP contribution in [-0.2, 0) is 21.3 Å². The molecule has 1 N–H and O–H groups in total. The second-order valence-corrected chi connectivity index (χ2v) is 8.80. The number of hydrogen-bond donors (Lipinski definition) is 1. The first kappa shape index (κ1) is 22.0. The largest absolute Gasteiger partial charge is 1.00 e. The zero-order valence-corrected chi connectivity index (χ0v) is 19.8. The van der Waals surface area contributed by atoms with E-state index in [1.54, 1.807) is 13.0 Å². The first-order valence-corrected chi connectivity index (χ1v) is 11.0. The third kappa shape index (κ3) is 3.23. The van der Waals surface area contributed by atoms with E-state index < -0.39 is 33.1 Å². The monoisotopic (exact) mass is 447 g/mol. The number of hydrogen-bond acceptors (Lipinski definition) is 5. The number of imide groups is 1. The molecule has 0 saturated carbocycles. The summed E-state index contributed by atoms with van der Waals surface area (Å²) in [4.78, 5) is 31.6. The second-order valence-electron chi connectivity index (χ2n) is 7.45. The van der Waals surface area contributed by atoms with Crippen molar-refractivity contribution in [2.24, 2.45) is 0 Å². The Bertz CT molecular complexity index is 1320. The van der Waals surface area contributed by atoms with E-state index in [-0.39, 0.29) is 47.6 Å². The average Bonchev–Trinajstić information content (AvgIpc) is 3.21. The maximum atomic E-state index is 13.1. The number of carbonyl (C=O) groups excluding carboxylic acids is 2. The molecule has 2 aromatic carbocycles. The number of para-hydroxylation sites is 1. The van der Waals surface area contributed by atoms with Crippen molar-refractivity contribution in [2.45, 2.75) is 30.3 Å². The van der Waals surface area contributed by atoms with Gasteiger partial charge in [0.05, 0.1) is 4.90 Å². The summed E-state index contributed by atoms with van der Waals surface area (Å²) in [7, 11) is -4.79. The number of aromatic nitrogens is 1. The van der Waals surface area contributed by atoms with Crippen molar-refractivity contribution >= 4 is 33.0 Å². The Morgan fingerprint density at radius 2 is 1.77 bits per heavy atom. The van der Waals surface area contributed by atoms with Crippen LogP contribution < -0.4 is 29.6 Å². The summed E-state index contributed by atoms with van der Waals surface area (Å²) >= 11 is 0. The van der Waals surface area contributed by atoms with E-state index >= 15 is 0 Å². The molecule has 3 heterocycles. The Morgan fingerprint density at radius 3 is 2.48 bits per heavy atom. The van der Waals surface area contributed by atoms with E-state index in [2.05, 4.69) is 4.98 Å². The molecule has 31 heavy (non-hydrogen) atoms. The molecule has 5 rings (SSSR count). The Morgan fingerprint density at radius 1 is 1.10 bits per heavy atom. The van der Waals surface area contributed by atoms with Crippen LogP contribution in [0.2, 0.25) is 0 Å². The molecule has 1 saturated heterocycles. The number of nitrogens with one attached hydrogen (secondary N) is 1. The van der Waals surface area contributed by atoms with Crippen LogP contribution in [0.15, 0.2) is 53.4 Å². The van der Waals surface area contributed by atoms with Gasteiger partial charge in [0.15, 0.2) is 0 Å². The zero-order valence-electron chi connectivity index (χ0n) is 17.0. The smallest absolute Gasteiger partial charge is 0.744 e. The summed E-state index contributed by atoms with van der Waals surface area (Å²) in [6, 6.07) is 11.3. The topological polar surface area (TPSA) is 114 Å². The molecular formula is C21H18N3NaO5S. The van der Waals surface area contributed by atoms with Gasteiger partial charge in [-0.05, 0) is 30.2 Å². The van der Waals surface area contributed by atoms with E-state index in [9.17, 15) is 22.6 Å². The van der Waals surface area contributed by atoms with E-state index in [0.717, 1.165) is 16.5 Å². The Labute approximate surface area is 201 Å². The van der Waals surface area contributed by atoms with E-state index in [4.69, 9.17) is 0 Å². The fourth-order valence-corrected chi connectivity index (χ4v) is 5.39. The van der Waals surface area contributed by atoms with Crippen molar-refractivity contribution in [1.29, 1.82) is 0 Å². The number of carbonyl (C=O) groups is 2. The Kier molecular flexibility index (Phi) is 5.51. The summed E-state index contributed by atoms with van der Waals surface area (Å²) in [5.74, 6) is -0.314. The van der Waals surface area contributed by atoms with Crippen molar-refractivity contribution in [2.75, 3.05) is 6.54 Å². The molecular weight excluding hydrogens is 429 g/mol. The molecule has 0 aliphatic carbocycles. The molecule has 154 valence electrons. The number of rotatable bonds is 3. The van der Waals surface area contributed by atoms with Crippen LogP contribution in [0.25, 0.3) is 10.9 Å². The fraction of sp³-hybridized carbons (Fsp3) is 0.238. The maximum absolute atomic E-state index is 13.1. The maximum Gasteiger partial charge on any atom is 1.00 e. The van der Waals surface area contributed by atoms with E-state index in [1.807, 2.05) is 24.3 Å². The molecule has 1 aromatic heterocycles. The number of fused-ring (bicyclic) bond motifs is 4. The fourth-order valence-electron chi connectivity index (χ4n) is 4.68. The summed E-state index contributed by atoms with van der Waals surface area (Å²) in [6.45, 7) is 1.93. The molecule has 0 bridgehead atoms. The van der Waals surface area contributed by atoms with Crippen molar-refractivity contribution < 1.29 is 52.1 Å². The van der Waals surface area contributed by atoms with E-state index in [1.165, 1.54) is 28.0 Å². The number of aromatic amines is 1. The zero-order chi connectivity index (χ0) is 21.2. The average molecular weight is 447 g/mol. The minimum absolute atomic E-state index is 0. The van der Waals surface area contributed by atoms with Gasteiger partial charge in [0, 0.05) is 29.6 Å². The van der Waals surface area contributed by atoms with Gasteiger partial charge < -0.3 is 9.54 Å². The van der Waals surface area contributed by atoms with Gasteiger partial charge in [-0.2, -0.15) is 0 Å². The summed E-state index contributed by atoms with van der Waals surface area (Å²) < 4.78 is 36.0. The van der Waals surface area contributed by atoms with Crippen LogP contribution in [0.5, 0.6) is 0 Å². The van der Waals surface area contributed by atoms with Crippen LogP contribution in [0.4, 0.5) is 4.79 Å². The number of urea groups is 1. The molecule has 2 unspecified atom stereocenters. The van der Waals surface area contributed by atoms with Crippen molar-refractivity contribution in [3.05, 3.63) is 65.4 Å². The molecule has 0 spiro atoms. The summed E-state index contributed by atoms with van der Waals surface area (Å²) in [5.41, 5.74) is 2.49. The molecule has 2 aliphatic heterocycles. The molecule has 1 fully saturated rings. The number of nitrogens with zero attached hydrogens (tertiary/aromatic N) is 2. The van der Waals surface area contributed by atoms with Crippen molar-refractivity contribution in [1.82, 2.24) is 14.8 Å². The standard InChI is InChI=1S/C21H19N3O5S.Na/c1-2-23-20(25)16-11-14-12-7-3-5-9-15(12)22-18(14)19(24(16)21(23)26)13-8-4-6-10-17(13)30(27,28)29;/h3-10,16,19,22H,2,11H2,1H3,(H,27,28,29);/q;+1/p-1. The predicted octanol–water partition coefficient (Wildman–Crippen LogP) is -0.626. The van der Waals surface area contributed by atoms with Crippen molar-refractivity contribution in [3.63, 3.8) is 0 Å². The third-order valence-corrected chi connectivity index (χ3v) is 6.84. The molecule has 8 nitrogen and oxygen atoms in total. The second kappa shape index (κ2) is 7.75. The SMILES string of the molecule is CCN1C(=O)C2Cc3c([nH]c4ccccc34)C(c3ccccc3S(=O)(=O)[O-])N2C1=O.[Na+]. The van der Waals surface area contributed by atoms with Crippen molar-refractivity contribution in [3.8, 4) is 0 Å². The molecule has 10 heteroatoms. The van der Waals surface area contributed by atoms with Crippen LogP contribution in [0, 0.1) is 0 Å². The van der Waals surface area contributed by atoms with E-state index in [0.29, 0.717) is 12.1 Å². The molecule has 0 radical (unpaired) electrons. The normalized spacial score (nSPS) is 20.6. The van der Waals surface area contributed by atoms with Gasteiger partial charge in [0.1, 0.15) is 22.2 Å². The number of amides is 3. The number of benzene rings is 2. The van der Waals surface area contributed by atoms with Gasteiger partial charge in [-0.1, -0.05) is 36.4 Å². The van der Waals surface area contributed by atoms with Crippen LogP contribution in [0.3, 0.4) is 0 Å². The Hall–Kier alpha value is -2.17. The van der Waals surface area contributed by atoms with Gasteiger partial charge in [-0.15, -0.1) is 0 Å². The molecule has 3 amide bonds. The predicted molar refractivity (Wildman–Crippen MR) is 107 cm³/mol. The van der Waals surface area contributed by atoms with Crippen LogP contribution in [0.1, 0.15) is 29.8 Å². The van der Waals surface area contributed by atoms with Gasteiger partial charge >= 0.3 is 35.6 Å². The minimum atomic E-state index is -4.79. The Balaban J connectivity index is 0.00000231. The number of H-pyrrole nitrogens is 1. The van der Waals surface area contributed by atoms with Gasteiger partial charge in [0.2, 0.25) is 0 Å². The first-order chi connectivity index (χ1) is 14.3. The summed E-state index contributed by atoms with van der Waals surface area (Å²) in [6.07, 6.45) is 0.323.